The molecule has 0 aromatic heterocycles. The van der Waals surface area contributed by atoms with E-state index < -0.39 is 0 Å². The molecule has 1 aromatic rings. The summed E-state index contributed by atoms with van der Waals surface area (Å²) in [5, 5.41) is 0. The van der Waals surface area contributed by atoms with E-state index in [0.717, 1.165) is 17.9 Å². The van der Waals surface area contributed by atoms with Crippen molar-refractivity contribution in [3.05, 3.63) is 35.9 Å². The molecular formula is C10H13N3. The Hall–Kier alpha value is -1.35. The molecule has 0 radical (unpaired) electrons. The fraction of sp³-hybridized carbons (Fsp3) is 0.300. The Bertz CT molecular complexity index is 305. The zero-order valence-electron chi connectivity index (χ0n) is 7.62. The second-order valence-electron chi connectivity index (χ2n) is 3.23. The Morgan fingerprint density at radius 2 is 2.08 bits per heavy atom. The summed E-state index contributed by atoms with van der Waals surface area (Å²) in [4.78, 5) is 4.42. The number of nitrogens with one attached hydrogen (secondary N) is 2. The van der Waals surface area contributed by atoms with Gasteiger partial charge in [0.05, 0.1) is 6.54 Å². The van der Waals surface area contributed by atoms with E-state index in [1.807, 2.05) is 30.3 Å². The van der Waals surface area contributed by atoms with E-state index in [2.05, 4.69) is 22.8 Å². The summed E-state index contributed by atoms with van der Waals surface area (Å²) in [7, 11) is 0. The first-order chi connectivity index (χ1) is 6.36. The molecule has 1 heterocycles. The quantitative estimate of drug-likeness (QED) is 0.666. The molecule has 1 aliphatic heterocycles. The Balaban J connectivity index is 2.19. The molecule has 1 aromatic carbocycles. The minimum atomic E-state index is 0.410. The lowest BCUT2D eigenvalue weighted by atomic mass is 10.2. The number of hydrazine groups is 1. The van der Waals surface area contributed by atoms with Crippen LogP contribution in [0, 0.1) is 0 Å². The molecule has 1 unspecified atom stereocenters. The normalized spacial score (nSPS) is 21.9. The van der Waals surface area contributed by atoms with Crippen LogP contribution in [-0.2, 0) is 0 Å². The molecule has 0 fully saturated rings. The summed E-state index contributed by atoms with van der Waals surface area (Å²) in [6.45, 7) is 2.93. The Kier molecular flexibility index (Phi) is 2.27. The number of nitrogens with zero attached hydrogens (tertiary/aromatic N) is 1. The van der Waals surface area contributed by atoms with Gasteiger partial charge in [-0.25, -0.2) is 5.43 Å². The van der Waals surface area contributed by atoms with Crippen LogP contribution in [-0.4, -0.2) is 18.4 Å². The highest BCUT2D eigenvalue weighted by Gasteiger charge is 2.09. The van der Waals surface area contributed by atoms with Gasteiger partial charge in [0.2, 0.25) is 0 Å². The topological polar surface area (TPSA) is 36.4 Å². The molecule has 0 bridgehead atoms. The fourth-order valence-corrected chi connectivity index (χ4v) is 1.26. The third-order valence-corrected chi connectivity index (χ3v) is 2.01. The van der Waals surface area contributed by atoms with E-state index in [-0.39, 0.29) is 0 Å². The first-order valence-electron chi connectivity index (χ1n) is 4.47. The molecule has 3 heteroatoms. The van der Waals surface area contributed by atoms with E-state index in [1.165, 1.54) is 0 Å². The van der Waals surface area contributed by atoms with Gasteiger partial charge in [0, 0.05) is 11.6 Å². The molecule has 1 aliphatic rings. The highest BCUT2D eigenvalue weighted by molar-refractivity contribution is 5.98. The van der Waals surface area contributed by atoms with Crippen LogP contribution in [0.3, 0.4) is 0 Å². The highest BCUT2D eigenvalue weighted by Crippen LogP contribution is 2.01. The summed E-state index contributed by atoms with van der Waals surface area (Å²) in [5.41, 5.74) is 7.36. The van der Waals surface area contributed by atoms with Crippen LogP contribution >= 0.6 is 0 Å². The molecule has 0 saturated heterocycles. The van der Waals surface area contributed by atoms with Crippen LogP contribution in [0.1, 0.15) is 12.5 Å². The van der Waals surface area contributed by atoms with Crippen molar-refractivity contribution >= 4 is 5.84 Å². The number of amidine groups is 1. The average Bonchev–Trinajstić information content (AvgIpc) is 2.20. The molecule has 2 rings (SSSR count). The molecule has 3 nitrogen and oxygen atoms in total. The predicted octanol–water partition coefficient (Wildman–Crippen LogP) is 0.929. The SMILES string of the molecule is CC1CN=C(c2ccccc2)NN1. The van der Waals surface area contributed by atoms with E-state index in [1.54, 1.807) is 0 Å². The fourth-order valence-electron chi connectivity index (χ4n) is 1.26. The second kappa shape index (κ2) is 3.58. The van der Waals surface area contributed by atoms with E-state index >= 15 is 0 Å². The Morgan fingerprint density at radius 1 is 1.31 bits per heavy atom. The summed E-state index contributed by atoms with van der Waals surface area (Å²) in [5.74, 6) is 0.929. The third-order valence-electron chi connectivity index (χ3n) is 2.01. The van der Waals surface area contributed by atoms with Crippen LogP contribution < -0.4 is 10.9 Å². The minimum Gasteiger partial charge on any atom is -0.305 e. The first kappa shape index (κ1) is 8.26. The van der Waals surface area contributed by atoms with Gasteiger partial charge in [0.15, 0.2) is 0 Å². The van der Waals surface area contributed by atoms with Gasteiger partial charge in [0.1, 0.15) is 5.84 Å². The molecule has 0 spiro atoms. The lowest BCUT2D eigenvalue weighted by Gasteiger charge is -2.21. The molecule has 13 heavy (non-hydrogen) atoms. The Morgan fingerprint density at radius 3 is 2.69 bits per heavy atom. The molecule has 68 valence electrons. The van der Waals surface area contributed by atoms with Crippen LogP contribution in [0.2, 0.25) is 0 Å². The van der Waals surface area contributed by atoms with Crippen molar-refractivity contribution < 1.29 is 0 Å². The van der Waals surface area contributed by atoms with Crippen molar-refractivity contribution in [1.29, 1.82) is 0 Å². The van der Waals surface area contributed by atoms with Gasteiger partial charge >= 0.3 is 0 Å². The Labute approximate surface area is 77.9 Å². The molecule has 2 N–H and O–H groups in total. The van der Waals surface area contributed by atoms with E-state index in [4.69, 9.17) is 0 Å². The van der Waals surface area contributed by atoms with Gasteiger partial charge in [-0.3, -0.25) is 4.99 Å². The standard InChI is InChI=1S/C10H13N3/c1-8-7-11-10(13-12-8)9-5-3-2-4-6-9/h2-6,8,12H,7H2,1H3,(H,11,13). The average molecular weight is 175 g/mol. The zero-order valence-corrected chi connectivity index (χ0v) is 7.62. The smallest absolute Gasteiger partial charge is 0.142 e. The molecule has 1 atom stereocenters. The predicted molar refractivity (Wildman–Crippen MR) is 53.6 cm³/mol. The van der Waals surface area contributed by atoms with Crippen molar-refractivity contribution in [2.24, 2.45) is 4.99 Å². The van der Waals surface area contributed by atoms with E-state index in [9.17, 15) is 0 Å². The maximum atomic E-state index is 4.42. The summed E-state index contributed by atoms with van der Waals surface area (Å²) in [6.07, 6.45) is 0. The molecule has 0 aliphatic carbocycles. The van der Waals surface area contributed by atoms with Crippen molar-refractivity contribution in [2.75, 3.05) is 6.54 Å². The van der Waals surface area contributed by atoms with Gasteiger partial charge in [-0.15, -0.1) is 0 Å². The van der Waals surface area contributed by atoms with Gasteiger partial charge in [-0.05, 0) is 6.92 Å². The summed E-state index contributed by atoms with van der Waals surface area (Å²) >= 11 is 0. The highest BCUT2D eigenvalue weighted by atomic mass is 15.4. The molecule has 0 amide bonds. The van der Waals surface area contributed by atoms with Gasteiger partial charge in [0.25, 0.3) is 0 Å². The largest absolute Gasteiger partial charge is 0.305 e. The van der Waals surface area contributed by atoms with Crippen molar-refractivity contribution in [1.82, 2.24) is 10.9 Å². The minimum absolute atomic E-state index is 0.410. The van der Waals surface area contributed by atoms with E-state index in [0.29, 0.717) is 6.04 Å². The molecular weight excluding hydrogens is 162 g/mol. The van der Waals surface area contributed by atoms with Crippen molar-refractivity contribution in [2.45, 2.75) is 13.0 Å². The number of hydrogen-bond donors (Lipinski definition) is 2. The van der Waals surface area contributed by atoms with Gasteiger partial charge in [-0.1, -0.05) is 30.3 Å². The van der Waals surface area contributed by atoms with Crippen LogP contribution in [0.25, 0.3) is 0 Å². The lowest BCUT2D eigenvalue weighted by molar-refractivity contribution is 0.506. The monoisotopic (exact) mass is 175 g/mol. The zero-order chi connectivity index (χ0) is 9.10. The number of benzene rings is 1. The number of rotatable bonds is 1. The maximum Gasteiger partial charge on any atom is 0.142 e. The third kappa shape index (κ3) is 1.87. The lowest BCUT2D eigenvalue weighted by Crippen LogP contribution is -2.48. The van der Waals surface area contributed by atoms with Crippen molar-refractivity contribution in [3.8, 4) is 0 Å². The summed E-state index contributed by atoms with van der Waals surface area (Å²) < 4.78 is 0. The maximum absolute atomic E-state index is 4.42. The summed E-state index contributed by atoms with van der Waals surface area (Å²) in [6, 6.07) is 10.5. The first-order valence-corrected chi connectivity index (χ1v) is 4.47. The van der Waals surface area contributed by atoms with Crippen LogP contribution in [0.4, 0.5) is 0 Å². The van der Waals surface area contributed by atoms with Crippen molar-refractivity contribution in [3.63, 3.8) is 0 Å². The van der Waals surface area contributed by atoms with Crippen LogP contribution in [0.15, 0.2) is 35.3 Å². The number of aliphatic imine (C=N–C) groups is 1. The molecule has 0 saturated carbocycles. The van der Waals surface area contributed by atoms with Crippen LogP contribution in [0.5, 0.6) is 0 Å². The van der Waals surface area contributed by atoms with Gasteiger partial charge < -0.3 is 5.43 Å². The van der Waals surface area contributed by atoms with Gasteiger partial charge in [-0.2, -0.15) is 0 Å². The second-order valence-corrected chi connectivity index (χ2v) is 3.23. The number of hydrogen-bond acceptors (Lipinski definition) is 3.